The molecule has 1 aromatic carbocycles. The van der Waals surface area contributed by atoms with Gasteiger partial charge in [0.05, 0.1) is 5.69 Å². The number of rotatable bonds is 6. The van der Waals surface area contributed by atoms with Crippen LogP contribution in [0.1, 0.15) is 17.5 Å². The Labute approximate surface area is 123 Å². The van der Waals surface area contributed by atoms with E-state index < -0.39 is 10.2 Å². The van der Waals surface area contributed by atoms with Gasteiger partial charge in [0.2, 0.25) is 0 Å². The summed E-state index contributed by atoms with van der Waals surface area (Å²) in [6.07, 6.45) is 0.635. The van der Waals surface area contributed by atoms with Crippen LogP contribution in [0.5, 0.6) is 0 Å². The van der Waals surface area contributed by atoms with Gasteiger partial charge in [-0.15, -0.1) is 0 Å². The van der Waals surface area contributed by atoms with E-state index in [1.807, 2.05) is 26.0 Å². The van der Waals surface area contributed by atoms with Crippen LogP contribution in [0.2, 0.25) is 0 Å². The smallest absolute Gasteiger partial charge is 0.301 e. The number of benzene rings is 1. The maximum absolute atomic E-state index is 12.2. The van der Waals surface area contributed by atoms with E-state index in [0.717, 1.165) is 15.6 Å². The highest BCUT2D eigenvalue weighted by molar-refractivity contribution is 9.10. The van der Waals surface area contributed by atoms with Crippen molar-refractivity contribution in [3.05, 3.63) is 27.7 Å². The lowest BCUT2D eigenvalue weighted by atomic mass is 10.1. The molecule has 0 atom stereocenters. The second-order valence-electron chi connectivity index (χ2n) is 4.49. The molecule has 0 unspecified atom stereocenters. The first kappa shape index (κ1) is 16.4. The first-order chi connectivity index (χ1) is 8.77. The van der Waals surface area contributed by atoms with Gasteiger partial charge in [-0.3, -0.25) is 4.72 Å². The molecule has 1 rings (SSSR count). The van der Waals surface area contributed by atoms with Crippen molar-refractivity contribution in [2.24, 2.45) is 5.73 Å². The van der Waals surface area contributed by atoms with Crippen molar-refractivity contribution in [2.75, 3.05) is 24.9 Å². The van der Waals surface area contributed by atoms with Crippen molar-refractivity contribution in [3.8, 4) is 0 Å². The SMILES string of the molecule is Cc1cc(Br)cc(C)c1NS(=O)(=O)N(C)CCCN. The second kappa shape index (κ2) is 6.69. The summed E-state index contributed by atoms with van der Waals surface area (Å²) < 4.78 is 29.2. The average molecular weight is 350 g/mol. The highest BCUT2D eigenvalue weighted by Crippen LogP contribution is 2.26. The molecular weight excluding hydrogens is 330 g/mol. The molecule has 0 spiro atoms. The molecule has 5 nitrogen and oxygen atoms in total. The Morgan fingerprint density at radius 2 is 1.84 bits per heavy atom. The van der Waals surface area contributed by atoms with Gasteiger partial charge in [0.25, 0.3) is 0 Å². The van der Waals surface area contributed by atoms with E-state index in [4.69, 9.17) is 5.73 Å². The van der Waals surface area contributed by atoms with E-state index in [2.05, 4.69) is 20.7 Å². The Morgan fingerprint density at radius 1 is 1.32 bits per heavy atom. The average Bonchev–Trinajstić information content (AvgIpc) is 2.30. The summed E-state index contributed by atoms with van der Waals surface area (Å²) in [5.74, 6) is 0. The molecule has 0 amide bonds. The van der Waals surface area contributed by atoms with E-state index in [1.165, 1.54) is 4.31 Å². The molecule has 0 saturated heterocycles. The van der Waals surface area contributed by atoms with Gasteiger partial charge in [0, 0.05) is 18.1 Å². The van der Waals surface area contributed by atoms with Gasteiger partial charge in [0.1, 0.15) is 0 Å². The van der Waals surface area contributed by atoms with Gasteiger partial charge in [-0.25, -0.2) is 0 Å². The molecule has 0 aliphatic rings. The molecular formula is C12H20BrN3O2S. The monoisotopic (exact) mass is 349 g/mol. The summed E-state index contributed by atoms with van der Waals surface area (Å²) in [6.45, 7) is 4.61. The molecule has 1 aromatic rings. The van der Waals surface area contributed by atoms with Crippen LogP contribution in [-0.4, -0.2) is 32.9 Å². The third-order valence-corrected chi connectivity index (χ3v) is 4.74. The lowest BCUT2D eigenvalue weighted by Gasteiger charge is -2.20. The summed E-state index contributed by atoms with van der Waals surface area (Å²) >= 11 is 3.39. The number of aryl methyl sites for hydroxylation is 2. The fourth-order valence-electron chi connectivity index (χ4n) is 1.71. The maximum Gasteiger partial charge on any atom is 0.301 e. The van der Waals surface area contributed by atoms with Gasteiger partial charge in [-0.2, -0.15) is 12.7 Å². The molecule has 0 fully saturated rings. The van der Waals surface area contributed by atoms with Crippen LogP contribution in [0.4, 0.5) is 5.69 Å². The standard InChI is InChI=1S/C12H20BrN3O2S/c1-9-7-11(13)8-10(2)12(9)15-19(17,18)16(3)6-4-5-14/h7-8,15H,4-6,14H2,1-3H3. The highest BCUT2D eigenvalue weighted by atomic mass is 79.9. The molecule has 0 bridgehead atoms. The van der Waals surface area contributed by atoms with E-state index in [0.29, 0.717) is 25.2 Å². The van der Waals surface area contributed by atoms with Crippen LogP contribution < -0.4 is 10.5 Å². The highest BCUT2D eigenvalue weighted by Gasteiger charge is 2.19. The molecule has 0 heterocycles. The molecule has 0 aliphatic heterocycles. The molecule has 0 saturated carbocycles. The van der Waals surface area contributed by atoms with Crippen molar-refractivity contribution in [1.29, 1.82) is 0 Å². The summed E-state index contributed by atoms with van der Waals surface area (Å²) in [7, 11) is -1.99. The molecule has 0 radical (unpaired) electrons. The third-order valence-electron chi connectivity index (χ3n) is 2.82. The van der Waals surface area contributed by atoms with Gasteiger partial charge < -0.3 is 5.73 Å². The van der Waals surface area contributed by atoms with Gasteiger partial charge in [0.15, 0.2) is 0 Å². The topological polar surface area (TPSA) is 75.4 Å². The number of halogens is 1. The van der Waals surface area contributed by atoms with Crippen LogP contribution in [0.15, 0.2) is 16.6 Å². The van der Waals surface area contributed by atoms with Crippen LogP contribution in [0.3, 0.4) is 0 Å². The molecule has 0 aliphatic carbocycles. The number of nitrogens with two attached hydrogens (primary N) is 1. The van der Waals surface area contributed by atoms with Crippen LogP contribution in [0.25, 0.3) is 0 Å². The van der Waals surface area contributed by atoms with E-state index in [1.54, 1.807) is 7.05 Å². The number of nitrogens with one attached hydrogen (secondary N) is 1. The summed E-state index contributed by atoms with van der Waals surface area (Å²) in [5.41, 5.74) is 7.77. The Kier molecular flexibility index (Phi) is 5.79. The Morgan fingerprint density at radius 3 is 2.32 bits per heavy atom. The largest absolute Gasteiger partial charge is 0.330 e. The van der Waals surface area contributed by atoms with Crippen molar-refractivity contribution < 1.29 is 8.42 Å². The van der Waals surface area contributed by atoms with Crippen LogP contribution >= 0.6 is 15.9 Å². The van der Waals surface area contributed by atoms with Gasteiger partial charge in [-0.05, 0) is 50.1 Å². The third kappa shape index (κ3) is 4.45. The second-order valence-corrected chi connectivity index (χ2v) is 7.18. The minimum atomic E-state index is -3.53. The molecule has 0 aromatic heterocycles. The molecule has 3 N–H and O–H groups in total. The molecule has 108 valence electrons. The van der Waals surface area contributed by atoms with Crippen molar-refractivity contribution in [2.45, 2.75) is 20.3 Å². The Balaban J connectivity index is 2.96. The minimum absolute atomic E-state index is 0.403. The first-order valence-corrected chi connectivity index (χ1v) is 8.22. The number of anilines is 1. The van der Waals surface area contributed by atoms with Crippen molar-refractivity contribution in [1.82, 2.24) is 4.31 Å². The number of nitrogens with zero attached hydrogens (tertiary/aromatic N) is 1. The first-order valence-electron chi connectivity index (χ1n) is 5.99. The minimum Gasteiger partial charge on any atom is -0.330 e. The lowest BCUT2D eigenvalue weighted by Crippen LogP contribution is -2.34. The predicted molar refractivity (Wildman–Crippen MR) is 82.5 cm³/mol. The Bertz CT molecular complexity index is 523. The fraction of sp³-hybridized carbons (Fsp3) is 0.500. The number of hydrogen-bond donors (Lipinski definition) is 2. The van der Waals surface area contributed by atoms with Crippen LogP contribution in [-0.2, 0) is 10.2 Å². The molecule has 7 heteroatoms. The Hall–Kier alpha value is -0.630. The van der Waals surface area contributed by atoms with E-state index in [9.17, 15) is 8.42 Å². The van der Waals surface area contributed by atoms with E-state index in [-0.39, 0.29) is 0 Å². The van der Waals surface area contributed by atoms with Crippen molar-refractivity contribution >= 4 is 31.8 Å². The quantitative estimate of drug-likeness (QED) is 0.824. The van der Waals surface area contributed by atoms with Crippen LogP contribution in [0, 0.1) is 13.8 Å². The van der Waals surface area contributed by atoms with Gasteiger partial charge >= 0.3 is 10.2 Å². The van der Waals surface area contributed by atoms with Crippen molar-refractivity contribution in [3.63, 3.8) is 0 Å². The van der Waals surface area contributed by atoms with E-state index >= 15 is 0 Å². The summed E-state index contributed by atoms with van der Waals surface area (Å²) in [6, 6.07) is 3.76. The maximum atomic E-state index is 12.2. The fourth-order valence-corrected chi connectivity index (χ4v) is 3.50. The summed E-state index contributed by atoms with van der Waals surface area (Å²) in [5, 5.41) is 0. The summed E-state index contributed by atoms with van der Waals surface area (Å²) in [4.78, 5) is 0. The normalized spacial score (nSPS) is 11.9. The molecule has 19 heavy (non-hydrogen) atoms. The van der Waals surface area contributed by atoms with Gasteiger partial charge in [-0.1, -0.05) is 15.9 Å². The zero-order valence-corrected chi connectivity index (χ0v) is 13.8. The predicted octanol–water partition coefficient (Wildman–Crippen LogP) is 2.00. The number of hydrogen-bond acceptors (Lipinski definition) is 3. The zero-order chi connectivity index (χ0) is 14.6. The lowest BCUT2D eigenvalue weighted by molar-refractivity contribution is 0.468. The zero-order valence-electron chi connectivity index (χ0n) is 11.4.